The standard InChI is InChI=1S/C22H31NO5/c1-4-26-18-7-5-6-15-20-16(12-14-13-23-11-9-17(14)27-20)22(2,28-21(15)18)10-8-19(24)25-3/h5-7,14,16-17,20,23H,4,8-13H2,1-3H3/t14-,16-,17-,20+,22+/m1/s1. The molecule has 6 heteroatoms. The fraction of sp³-hybridized carbons (Fsp3) is 0.682. The van der Waals surface area contributed by atoms with Crippen molar-refractivity contribution in [2.75, 3.05) is 26.8 Å². The third-order valence-corrected chi connectivity index (χ3v) is 6.57. The molecule has 0 unspecified atom stereocenters. The van der Waals surface area contributed by atoms with Crippen LogP contribution in [0.15, 0.2) is 18.2 Å². The van der Waals surface area contributed by atoms with Gasteiger partial charge in [0.15, 0.2) is 11.5 Å². The zero-order valence-corrected chi connectivity index (χ0v) is 17.0. The molecule has 0 saturated carbocycles. The lowest BCUT2D eigenvalue weighted by Gasteiger charge is -2.53. The van der Waals surface area contributed by atoms with Gasteiger partial charge in [-0.2, -0.15) is 0 Å². The number of para-hydroxylation sites is 1. The van der Waals surface area contributed by atoms with Crippen molar-refractivity contribution >= 4 is 5.97 Å². The zero-order chi connectivity index (χ0) is 19.7. The number of methoxy groups -OCH3 is 1. The van der Waals surface area contributed by atoms with Crippen LogP contribution in [0.3, 0.4) is 0 Å². The second kappa shape index (κ2) is 7.91. The van der Waals surface area contributed by atoms with E-state index in [1.807, 2.05) is 19.1 Å². The van der Waals surface area contributed by atoms with Gasteiger partial charge in [-0.1, -0.05) is 12.1 Å². The molecule has 4 rings (SSSR count). The summed E-state index contributed by atoms with van der Waals surface area (Å²) in [6.07, 6.45) is 3.22. The van der Waals surface area contributed by atoms with Crippen LogP contribution in [0.5, 0.6) is 11.5 Å². The number of hydrogen-bond acceptors (Lipinski definition) is 6. The molecule has 0 amide bonds. The summed E-state index contributed by atoms with van der Waals surface area (Å²) in [5.74, 6) is 1.97. The molecule has 3 aliphatic heterocycles. The van der Waals surface area contributed by atoms with E-state index in [0.29, 0.717) is 25.4 Å². The lowest BCUT2D eigenvalue weighted by molar-refractivity contribution is -0.185. The molecule has 0 bridgehead atoms. The summed E-state index contributed by atoms with van der Waals surface area (Å²) in [6, 6.07) is 6.05. The van der Waals surface area contributed by atoms with E-state index in [0.717, 1.165) is 43.0 Å². The van der Waals surface area contributed by atoms with Crippen molar-refractivity contribution in [2.24, 2.45) is 11.8 Å². The Morgan fingerprint density at radius 2 is 2.25 bits per heavy atom. The first kappa shape index (κ1) is 19.5. The predicted molar refractivity (Wildman–Crippen MR) is 105 cm³/mol. The highest BCUT2D eigenvalue weighted by atomic mass is 16.5. The van der Waals surface area contributed by atoms with Gasteiger partial charge in [-0.25, -0.2) is 0 Å². The Morgan fingerprint density at radius 3 is 3.04 bits per heavy atom. The molecule has 1 aromatic carbocycles. The van der Waals surface area contributed by atoms with Gasteiger partial charge in [0.1, 0.15) is 5.60 Å². The van der Waals surface area contributed by atoms with Crippen LogP contribution < -0.4 is 14.8 Å². The number of nitrogens with one attached hydrogen (secondary N) is 1. The van der Waals surface area contributed by atoms with Gasteiger partial charge in [0.2, 0.25) is 0 Å². The number of carbonyl (C=O) groups is 1. The summed E-state index contributed by atoms with van der Waals surface area (Å²) >= 11 is 0. The number of rotatable bonds is 5. The maximum absolute atomic E-state index is 11.9. The van der Waals surface area contributed by atoms with Gasteiger partial charge in [0, 0.05) is 24.4 Å². The fourth-order valence-corrected chi connectivity index (χ4v) is 5.04. The van der Waals surface area contributed by atoms with E-state index in [4.69, 9.17) is 18.9 Å². The van der Waals surface area contributed by atoms with Crippen molar-refractivity contribution in [3.05, 3.63) is 23.8 Å². The fourth-order valence-electron chi connectivity index (χ4n) is 5.04. The first-order valence-electron chi connectivity index (χ1n) is 10.4. The molecular formula is C22H31NO5. The maximum Gasteiger partial charge on any atom is 0.305 e. The second-order valence-corrected chi connectivity index (χ2v) is 8.29. The first-order valence-corrected chi connectivity index (χ1v) is 10.4. The number of carbonyl (C=O) groups excluding carboxylic acids is 1. The van der Waals surface area contributed by atoms with Crippen LogP contribution in [-0.2, 0) is 14.3 Å². The van der Waals surface area contributed by atoms with Gasteiger partial charge in [-0.05, 0) is 51.6 Å². The van der Waals surface area contributed by atoms with Gasteiger partial charge < -0.3 is 24.3 Å². The first-order chi connectivity index (χ1) is 13.6. The topological polar surface area (TPSA) is 66.0 Å². The Balaban J connectivity index is 1.70. The van der Waals surface area contributed by atoms with E-state index in [-0.39, 0.29) is 24.1 Å². The lowest BCUT2D eigenvalue weighted by Crippen LogP contribution is -2.55. The summed E-state index contributed by atoms with van der Waals surface area (Å²) in [4.78, 5) is 11.9. The van der Waals surface area contributed by atoms with E-state index in [9.17, 15) is 4.79 Å². The van der Waals surface area contributed by atoms with Gasteiger partial charge in [0.25, 0.3) is 0 Å². The quantitative estimate of drug-likeness (QED) is 0.780. The van der Waals surface area contributed by atoms with E-state index in [1.54, 1.807) is 0 Å². The SMILES string of the molecule is CCOc1cccc2c1O[C@@](C)(CCC(=O)OC)[C@@H]1C[C@@H]3CNCC[C@H]3O[C@@H]21. The third-order valence-electron chi connectivity index (χ3n) is 6.57. The Hall–Kier alpha value is -1.79. The number of piperidine rings is 1. The number of fused-ring (bicyclic) bond motifs is 4. The number of hydrogen-bond donors (Lipinski definition) is 1. The normalized spacial score (nSPS) is 33.7. The van der Waals surface area contributed by atoms with E-state index >= 15 is 0 Å². The van der Waals surface area contributed by atoms with Crippen LogP contribution in [0.1, 0.15) is 51.2 Å². The monoisotopic (exact) mass is 389 g/mol. The minimum Gasteiger partial charge on any atom is -0.490 e. The van der Waals surface area contributed by atoms with E-state index in [2.05, 4.69) is 18.3 Å². The van der Waals surface area contributed by atoms with Crippen molar-refractivity contribution in [1.82, 2.24) is 5.32 Å². The molecule has 0 radical (unpaired) electrons. The highest BCUT2D eigenvalue weighted by molar-refractivity contribution is 5.69. The van der Waals surface area contributed by atoms with Crippen LogP contribution in [0.2, 0.25) is 0 Å². The zero-order valence-electron chi connectivity index (χ0n) is 17.0. The molecule has 0 spiro atoms. The summed E-state index contributed by atoms with van der Waals surface area (Å²) in [7, 11) is 1.43. The van der Waals surface area contributed by atoms with Crippen LogP contribution in [0.25, 0.3) is 0 Å². The number of esters is 1. The maximum atomic E-state index is 11.9. The second-order valence-electron chi connectivity index (χ2n) is 8.29. The summed E-state index contributed by atoms with van der Waals surface area (Å²) in [5, 5.41) is 3.50. The van der Waals surface area contributed by atoms with Crippen LogP contribution in [0, 0.1) is 11.8 Å². The molecule has 1 aromatic rings. The minimum atomic E-state index is -0.512. The summed E-state index contributed by atoms with van der Waals surface area (Å²) < 4.78 is 24.0. The molecule has 3 aliphatic rings. The Bertz CT molecular complexity index is 723. The highest BCUT2D eigenvalue weighted by Gasteiger charge is 2.53. The van der Waals surface area contributed by atoms with Crippen molar-refractivity contribution in [3.63, 3.8) is 0 Å². The van der Waals surface area contributed by atoms with E-state index < -0.39 is 5.60 Å². The highest BCUT2D eigenvalue weighted by Crippen LogP contribution is 2.55. The molecule has 2 saturated heterocycles. The summed E-state index contributed by atoms with van der Waals surface area (Å²) in [6.45, 7) is 6.63. The van der Waals surface area contributed by atoms with Crippen LogP contribution in [0.4, 0.5) is 0 Å². The molecule has 0 aliphatic carbocycles. The molecule has 0 aromatic heterocycles. The van der Waals surface area contributed by atoms with Crippen molar-refractivity contribution in [3.8, 4) is 11.5 Å². The van der Waals surface area contributed by atoms with Crippen LogP contribution >= 0.6 is 0 Å². The minimum absolute atomic E-state index is 0.0360. The number of benzene rings is 1. The van der Waals surface area contributed by atoms with Gasteiger partial charge in [-0.3, -0.25) is 4.79 Å². The molecule has 2 fully saturated rings. The molecule has 3 heterocycles. The molecular weight excluding hydrogens is 358 g/mol. The van der Waals surface area contributed by atoms with Crippen molar-refractivity contribution < 1.29 is 23.7 Å². The average molecular weight is 389 g/mol. The molecule has 1 N–H and O–H groups in total. The molecule has 28 heavy (non-hydrogen) atoms. The van der Waals surface area contributed by atoms with Crippen molar-refractivity contribution in [1.29, 1.82) is 0 Å². The largest absolute Gasteiger partial charge is 0.490 e. The summed E-state index contributed by atoms with van der Waals surface area (Å²) in [5.41, 5.74) is 0.560. The van der Waals surface area contributed by atoms with Crippen molar-refractivity contribution in [2.45, 2.75) is 57.3 Å². The average Bonchev–Trinajstić information content (AvgIpc) is 2.72. The van der Waals surface area contributed by atoms with Gasteiger partial charge >= 0.3 is 5.97 Å². The Labute approximate surface area is 166 Å². The van der Waals surface area contributed by atoms with E-state index in [1.165, 1.54) is 7.11 Å². The Morgan fingerprint density at radius 1 is 1.39 bits per heavy atom. The lowest BCUT2D eigenvalue weighted by atomic mass is 9.69. The molecule has 6 nitrogen and oxygen atoms in total. The van der Waals surface area contributed by atoms with Gasteiger partial charge in [0.05, 0.1) is 25.9 Å². The predicted octanol–water partition coefficient (Wildman–Crippen LogP) is 3.25. The third kappa shape index (κ3) is 3.48. The molecule has 5 atom stereocenters. The van der Waals surface area contributed by atoms with Crippen LogP contribution in [-0.4, -0.2) is 44.5 Å². The smallest absolute Gasteiger partial charge is 0.305 e. The Kier molecular flexibility index (Phi) is 5.52. The molecule has 154 valence electrons. The number of ether oxygens (including phenoxy) is 4. The van der Waals surface area contributed by atoms with Gasteiger partial charge in [-0.15, -0.1) is 0 Å².